The van der Waals surface area contributed by atoms with E-state index in [1.807, 2.05) is 0 Å². The van der Waals surface area contributed by atoms with E-state index in [1.165, 1.54) is 17.4 Å². The highest BCUT2D eigenvalue weighted by molar-refractivity contribution is 7.14. The van der Waals surface area contributed by atoms with E-state index in [9.17, 15) is 13.6 Å². The molecule has 0 unspecified atom stereocenters. The molecular formula is C17H13F2N3O2S. The molecule has 25 heavy (non-hydrogen) atoms. The first-order valence-electron chi connectivity index (χ1n) is 7.75. The van der Waals surface area contributed by atoms with Crippen LogP contribution in [0.1, 0.15) is 30.1 Å². The summed E-state index contributed by atoms with van der Waals surface area (Å²) in [5.74, 6) is -0.408. The number of amides is 1. The lowest BCUT2D eigenvalue weighted by Crippen LogP contribution is -2.15. The van der Waals surface area contributed by atoms with E-state index in [1.54, 1.807) is 11.4 Å². The lowest BCUT2D eigenvalue weighted by molar-refractivity contribution is -0.115. The molecule has 128 valence electrons. The van der Waals surface area contributed by atoms with Gasteiger partial charge in [0, 0.05) is 12.0 Å². The highest BCUT2D eigenvalue weighted by Crippen LogP contribution is 2.40. The van der Waals surface area contributed by atoms with E-state index < -0.39 is 17.5 Å². The van der Waals surface area contributed by atoms with Crippen LogP contribution >= 0.6 is 11.3 Å². The van der Waals surface area contributed by atoms with Crippen LogP contribution in [-0.4, -0.2) is 16.0 Å². The molecule has 2 aromatic heterocycles. The normalized spacial score (nSPS) is 13.8. The molecule has 2 heterocycles. The predicted molar refractivity (Wildman–Crippen MR) is 88.3 cm³/mol. The van der Waals surface area contributed by atoms with E-state index >= 15 is 0 Å². The van der Waals surface area contributed by atoms with Crippen molar-refractivity contribution in [1.29, 1.82) is 0 Å². The molecule has 5 nitrogen and oxygen atoms in total. The third kappa shape index (κ3) is 3.43. The molecule has 0 radical (unpaired) electrons. The summed E-state index contributed by atoms with van der Waals surface area (Å²) in [7, 11) is 0. The first kappa shape index (κ1) is 15.9. The zero-order chi connectivity index (χ0) is 17.4. The Kier molecular flexibility index (Phi) is 4.04. The van der Waals surface area contributed by atoms with Gasteiger partial charge in [-0.2, -0.15) is 4.98 Å². The third-order valence-electron chi connectivity index (χ3n) is 3.88. The minimum atomic E-state index is -0.744. The van der Waals surface area contributed by atoms with Crippen molar-refractivity contribution < 1.29 is 18.1 Å². The number of carbonyl (C=O) groups is 1. The Morgan fingerprint density at radius 3 is 2.92 bits per heavy atom. The topological polar surface area (TPSA) is 68.0 Å². The number of anilines is 1. The van der Waals surface area contributed by atoms with E-state index in [-0.39, 0.29) is 12.0 Å². The summed E-state index contributed by atoms with van der Waals surface area (Å²) in [6.45, 7) is 0. The number of thiophene rings is 1. The maximum Gasteiger partial charge on any atom is 0.270 e. The van der Waals surface area contributed by atoms with Crippen LogP contribution in [0, 0.1) is 11.6 Å². The second-order valence-corrected chi connectivity index (χ2v) is 6.77. The molecule has 1 aromatic carbocycles. The van der Waals surface area contributed by atoms with Crippen LogP contribution in [0.5, 0.6) is 0 Å². The molecule has 1 amide bonds. The van der Waals surface area contributed by atoms with Crippen LogP contribution in [0.2, 0.25) is 0 Å². The molecule has 4 rings (SSSR count). The molecule has 0 spiro atoms. The second kappa shape index (κ2) is 6.36. The van der Waals surface area contributed by atoms with Gasteiger partial charge in [0.25, 0.3) is 5.89 Å². The maximum absolute atomic E-state index is 13.7. The lowest BCUT2D eigenvalue weighted by atomic mass is 10.1. The zero-order valence-corrected chi connectivity index (χ0v) is 13.8. The van der Waals surface area contributed by atoms with E-state index in [0.29, 0.717) is 28.2 Å². The van der Waals surface area contributed by atoms with Crippen molar-refractivity contribution in [2.45, 2.75) is 25.2 Å². The molecule has 1 saturated carbocycles. The van der Waals surface area contributed by atoms with Gasteiger partial charge >= 0.3 is 0 Å². The summed E-state index contributed by atoms with van der Waals surface area (Å²) in [5, 5.41) is 8.48. The van der Waals surface area contributed by atoms with E-state index in [2.05, 4.69) is 15.5 Å². The van der Waals surface area contributed by atoms with E-state index in [0.717, 1.165) is 25.0 Å². The molecule has 1 aliphatic rings. The predicted octanol–water partition coefficient (Wildman–Crippen LogP) is 4.13. The maximum atomic E-state index is 13.7. The number of hydrogen-bond acceptors (Lipinski definition) is 5. The Balaban J connectivity index is 1.49. The number of benzene rings is 1. The standard InChI is InChI=1S/C17H13F2N3O2S/c18-11-4-3-10(12(19)8-11)7-14(23)20-13-5-6-25-15(13)17-21-16(22-24-17)9-1-2-9/h3-6,8-9H,1-2,7H2,(H,20,23). The fourth-order valence-electron chi connectivity index (χ4n) is 2.44. The number of halogens is 2. The van der Waals surface area contributed by atoms with Crippen LogP contribution in [0.4, 0.5) is 14.5 Å². The van der Waals surface area contributed by atoms with Crippen molar-refractivity contribution >= 4 is 22.9 Å². The highest BCUT2D eigenvalue weighted by Gasteiger charge is 2.29. The Morgan fingerprint density at radius 2 is 2.16 bits per heavy atom. The number of hydrogen-bond donors (Lipinski definition) is 1. The summed E-state index contributed by atoms with van der Waals surface area (Å²) in [4.78, 5) is 17.2. The fourth-order valence-corrected chi connectivity index (χ4v) is 3.21. The van der Waals surface area contributed by atoms with Crippen molar-refractivity contribution in [3.05, 3.63) is 52.7 Å². The SMILES string of the molecule is O=C(Cc1ccc(F)cc1F)Nc1ccsc1-c1nc(C2CC2)no1. The summed E-state index contributed by atoms with van der Waals surface area (Å²) in [5.41, 5.74) is 0.660. The molecule has 0 aliphatic heterocycles. The smallest absolute Gasteiger partial charge is 0.270 e. The van der Waals surface area contributed by atoms with Crippen LogP contribution in [0.25, 0.3) is 10.8 Å². The second-order valence-electron chi connectivity index (χ2n) is 5.86. The molecular weight excluding hydrogens is 348 g/mol. The third-order valence-corrected chi connectivity index (χ3v) is 4.79. The Hall–Kier alpha value is -2.61. The largest absolute Gasteiger partial charge is 0.333 e. The molecule has 1 fully saturated rings. The van der Waals surface area contributed by atoms with Gasteiger partial charge in [0.1, 0.15) is 16.5 Å². The van der Waals surface area contributed by atoms with Gasteiger partial charge in [-0.3, -0.25) is 4.79 Å². The van der Waals surface area contributed by atoms with Crippen molar-refractivity contribution in [3.8, 4) is 10.8 Å². The lowest BCUT2D eigenvalue weighted by Gasteiger charge is -2.06. The molecule has 1 aliphatic carbocycles. The van der Waals surface area contributed by atoms with Crippen LogP contribution in [0.15, 0.2) is 34.2 Å². The summed E-state index contributed by atoms with van der Waals surface area (Å²) in [6, 6.07) is 4.87. The van der Waals surface area contributed by atoms with Crippen molar-refractivity contribution in [3.63, 3.8) is 0 Å². The van der Waals surface area contributed by atoms with Crippen molar-refractivity contribution in [2.75, 3.05) is 5.32 Å². The molecule has 0 saturated heterocycles. The average Bonchev–Trinajstić information content (AvgIpc) is 3.13. The quantitative estimate of drug-likeness (QED) is 0.742. The van der Waals surface area contributed by atoms with E-state index in [4.69, 9.17) is 4.52 Å². The van der Waals surface area contributed by atoms with Crippen LogP contribution < -0.4 is 5.32 Å². The van der Waals surface area contributed by atoms with Crippen molar-refractivity contribution in [2.24, 2.45) is 0 Å². The van der Waals surface area contributed by atoms with Gasteiger partial charge in [-0.25, -0.2) is 8.78 Å². The fraction of sp³-hybridized carbons (Fsp3) is 0.235. The molecule has 0 atom stereocenters. The first-order valence-corrected chi connectivity index (χ1v) is 8.63. The van der Waals surface area contributed by atoms with Gasteiger partial charge in [-0.1, -0.05) is 11.2 Å². The average molecular weight is 361 g/mol. The minimum Gasteiger partial charge on any atom is -0.333 e. The van der Waals surface area contributed by atoms with Crippen molar-refractivity contribution in [1.82, 2.24) is 10.1 Å². The van der Waals surface area contributed by atoms with Gasteiger partial charge in [0.05, 0.1) is 12.1 Å². The number of rotatable bonds is 5. The molecule has 1 N–H and O–H groups in total. The summed E-state index contributed by atoms with van der Waals surface area (Å²) in [6.07, 6.45) is 1.94. The number of carbonyl (C=O) groups excluding carboxylic acids is 1. The number of aromatic nitrogens is 2. The number of nitrogens with one attached hydrogen (secondary N) is 1. The van der Waals surface area contributed by atoms with Gasteiger partial charge < -0.3 is 9.84 Å². The van der Waals surface area contributed by atoms with Crippen LogP contribution in [-0.2, 0) is 11.2 Å². The highest BCUT2D eigenvalue weighted by atomic mass is 32.1. The summed E-state index contributed by atoms with van der Waals surface area (Å²) >= 11 is 1.37. The van der Waals surface area contributed by atoms with Gasteiger partial charge in [-0.05, 0) is 35.9 Å². The molecule has 3 aromatic rings. The minimum absolute atomic E-state index is 0.129. The first-order chi connectivity index (χ1) is 12.1. The zero-order valence-electron chi connectivity index (χ0n) is 13.0. The van der Waals surface area contributed by atoms with Gasteiger partial charge in [0.2, 0.25) is 5.91 Å². The monoisotopic (exact) mass is 361 g/mol. The molecule has 0 bridgehead atoms. The van der Waals surface area contributed by atoms with Crippen LogP contribution in [0.3, 0.4) is 0 Å². The Bertz CT molecular complexity index is 934. The molecule has 8 heteroatoms. The summed E-state index contributed by atoms with van der Waals surface area (Å²) < 4.78 is 31.9. The Morgan fingerprint density at radius 1 is 1.32 bits per heavy atom. The van der Waals surface area contributed by atoms with Gasteiger partial charge in [0.15, 0.2) is 5.82 Å². The number of nitrogens with zero attached hydrogens (tertiary/aromatic N) is 2. The Labute approximate surface area is 145 Å². The van der Waals surface area contributed by atoms with Gasteiger partial charge in [-0.15, -0.1) is 11.3 Å².